The molecule has 1 aliphatic carbocycles. The monoisotopic (exact) mass is 494 g/mol. The number of hydrogen-bond acceptors (Lipinski definition) is 4. The van der Waals surface area contributed by atoms with Gasteiger partial charge in [0.25, 0.3) is 0 Å². The number of anilines is 1. The predicted molar refractivity (Wildman–Crippen MR) is 146 cm³/mol. The lowest BCUT2D eigenvalue weighted by atomic mass is 9.75. The van der Waals surface area contributed by atoms with Crippen LogP contribution in [0.2, 0.25) is 0 Å². The van der Waals surface area contributed by atoms with Crippen LogP contribution in [-0.4, -0.2) is 49.6 Å². The van der Waals surface area contributed by atoms with Crippen LogP contribution in [-0.2, 0) is 4.74 Å². The number of carbonyl (C=O) groups is 2. The van der Waals surface area contributed by atoms with Crippen molar-refractivity contribution in [1.82, 2.24) is 4.90 Å². The van der Waals surface area contributed by atoms with Gasteiger partial charge in [-0.2, -0.15) is 0 Å². The van der Waals surface area contributed by atoms with Crippen LogP contribution in [0.25, 0.3) is 11.1 Å². The molecule has 2 aliphatic heterocycles. The van der Waals surface area contributed by atoms with Gasteiger partial charge in [0, 0.05) is 49.3 Å². The Hall–Kier alpha value is -3.60. The molecule has 3 aromatic carbocycles. The fraction of sp³-hybridized carbons (Fsp3) is 0.375. The van der Waals surface area contributed by atoms with E-state index in [1.54, 1.807) is 0 Å². The zero-order valence-corrected chi connectivity index (χ0v) is 21.6. The second-order valence-electron chi connectivity index (χ2n) is 10.9. The van der Waals surface area contributed by atoms with E-state index in [-0.39, 0.29) is 35.8 Å². The lowest BCUT2D eigenvalue weighted by Crippen LogP contribution is -2.56. The van der Waals surface area contributed by atoms with Crippen LogP contribution in [0.4, 0.5) is 10.5 Å². The first-order chi connectivity index (χ1) is 18.0. The molecule has 3 aliphatic rings. The Bertz CT molecular complexity index is 1270. The number of piperidine rings is 2. The third-order valence-corrected chi connectivity index (χ3v) is 8.54. The van der Waals surface area contributed by atoms with Gasteiger partial charge in [-0.3, -0.25) is 4.79 Å². The molecular formula is C32H34N2O3. The van der Waals surface area contributed by atoms with Gasteiger partial charge in [0.15, 0.2) is 5.78 Å². The fourth-order valence-electron chi connectivity index (χ4n) is 6.85. The number of para-hydroxylation sites is 1. The molecule has 0 saturated carbocycles. The van der Waals surface area contributed by atoms with Crippen LogP contribution >= 0.6 is 0 Å². The third-order valence-electron chi connectivity index (χ3n) is 8.54. The molecule has 2 bridgehead atoms. The summed E-state index contributed by atoms with van der Waals surface area (Å²) < 4.78 is 6.04. The molecule has 2 heterocycles. The highest BCUT2D eigenvalue weighted by Crippen LogP contribution is 2.45. The number of carbonyl (C=O) groups excluding carboxylic acids is 2. The molecule has 6 rings (SSSR count). The second kappa shape index (κ2) is 9.70. The minimum Gasteiger partial charge on any atom is -0.448 e. The first-order valence-corrected chi connectivity index (χ1v) is 13.5. The molecule has 2 atom stereocenters. The Morgan fingerprint density at radius 1 is 0.838 bits per heavy atom. The minimum absolute atomic E-state index is 0.0536. The number of amides is 1. The summed E-state index contributed by atoms with van der Waals surface area (Å²) in [5.74, 6) is 0.195. The first-order valence-electron chi connectivity index (χ1n) is 13.5. The van der Waals surface area contributed by atoms with Crippen molar-refractivity contribution in [3.63, 3.8) is 0 Å². The molecule has 5 heteroatoms. The molecule has 190 valence electrons. The van der Waals surface area contributed by atoms with Crippen molar-refractivity contribution in [3.8, 4) is 11.1 Å². The molecule has 0 aromatic heterocycles. The summed E-state index contributed by atoms with van der Waals surface area (Å²) in [5.41, 5.74) is 6.64. The molecule has 2 fully saturated rings. The first kappa shape index (κ1) is 23.8. The highest BCUT2D eigenvalue weighted by Gasteiger charge is 2.44. The number of ketones is 1. The fourth-order valence-corrected chi connectivity index (χ4v) is 6.85. The molecule has 1 amide bonds. The lowest BCUT2D eigenvalue weighted by molar-refractivity contribution is 0.00652. The Morgan fingerprint density at radius 2 is 1.41 bits per heavy atom. The Balaban J connectivity index is 1.17. The molecule has 37 heavy (non-hydrogen) atoms. The Morgan fingerprint density at radius 3 is 2.03 bits per heavy atom. The van der Waals surface area contributed by atoms with Crippen LogP contribution in [0, 0.1) is 5.92 Å². The summed E-state index contributed by atoms with van der Waals surface area (Å²) in [5, 5.41) is 0. The van der Waals surface area contributed by atoms with Crippen LogP contribution in [0.1, 0.15) is 59.5 Å². The topological polar surface area (TPSA) is 49.9 Å². The van der Waals surface area contributed by atoms with Crippen LogP contribution in [0.5, 0.6) is 0 Å². The molecule has 3 aromatic rings. The summed E-state index contributed by atoms with van der Waals surface area (Å²) in [6.07, 6.45) is 4.15. The number of benzene rings is 3. The van der Waals surface area contributed by atoms with Crippen molar-refractivity contribution in [1.29, 1.82) is 0 Å². The Kier molecular flexibility index (Phi) is 6.23. The smallest absolute Gasteiger partial charge is 0.410 e. The molecule has 5 nitrogen and oxygen atoms in total. The highest BCUT2D eigenvalue weighted by atomic mass is 16.6. The largest absolute Gasteiger partial charge is 0.448 e. The van der Waals surface area contributed by atoms with Crippen molar-refractivity contribution in [2.75, 3.05) is 25.6 Å². The Labute approximate surface area is 219 Å². The standard InChI is InChI=1S/C32H34N2O3/c1-33(2)30-17-8-7-16-28(30)31(35)21-18-22-10-9-11-23(19-21)34(22)32(36)37-20-29-26-14-5-3-12-24(26)25-13-4-6-15-27(25)29/h3-8,12-17,21-23,29H,9-11,18-20H2,1-2H3. The normalized spacial score (nSPS) is 22.2. The minimum atomic E-state index is -0.226. The summed E-state index contributed by atoms with van der Waals surface area (Å²) >= 11 is 0. The lowest BCUT2D eigenvalue weighted by Gasteiger charge is -2.47. The SMILES string of the molecule is CN(C)c1ccccc1C(=O)C1CC2CCCC(C1)N2C(=O)OCC1c2ccccc2-c2ccccc21. The summed E-state index contributed by atoms with van der Waals surface area (Å²) in [4.78, 5) is 31.1. The van der Waals surface area contributed by atoms with E-state index >= 15 is 0 Å². The average molecular weight is 495 g/mol. The van der Waals surface area contributed by atoms with Crippen molar-refractivity contribution >= 4 is 17.6 Å². The summed E-state index contributed by atoms with van der Waals surface area (Å²) in [7, 11) is 3.95. The van der Waals surface area contributed by atoms with Gasteiger partial charge in [0.2, 0.25) is 0 Å². The summed E-state index contributed by atoms with van der Waals surface area (Å²) in [6.45, 7) is 0.335. The molecular weight excluding hydrogens is 460 g/mol. The molecule has 2 saturated heterocycles. The number of ether oxygens (including phenoxy) is 1. The van der Waals surface area contributed by atoms with Gasteiger partial charge in [-0.05, 0) is 66.5 Å². The number of Topliss-reactive ketones (excluding diaryl/α,β-unsaturated/α-hetero) is 1. The second-order valence-corrected chi connectivity index (χ2v) is 10.9. The van der Waals surface area contributed by atoms with Gasteiger partial charge in [-0.15, -0.1) is 0 Å². The maximum absolute atomic E-state index is 13.6. The van der Waals surface area contributed by atoms with Crippen molar-refractivity contribution in [2.24, 2.45) is 5.92 Å². The van der Waals surface area contributed by atoms with Crippen molar-refractivity contribution in [2.45, 2.75) is 50.1 Å². The van der Waals surface area contributed by atoms with Crippen LogP contribution in [0.15, 0.2) is 72.8 Å². The van der Waals surface area contributed by atoms with Crippen LogP contribution < -0.4 is 4.90 Å². The van der Waals surface area contributed by atoms with Gasteiger partial charge < -0.3 is 14.5 Å². The van der Waals surface area contributed by atoms with E-state index in [4.69, 9.17) is 4.74 Å². The van der Waals surface area contributed by atoms with E-state index in [1.807, 2.05) is 48.2 Å². The van der Waals surface area contributed by atoms with Gasteiger partial charge in [-0.25, -0.2) is 4.79 Å². The van der Waals surface area contributed by atoms with Crippen LogP contribution in [0.3, 0.4) is 0 Å². The van der Waals surface area contributed by atoms with E-state index in [0.29, 0.717) is 19.4 Å². The van der Waals surface area contributed by atoms with Gasteiger partial charge in [0.1, 0.15) is 6.61 Å². The van der Waals surface area contributed by atoms with Gasteiger partial charge in [0.05, 0.1) is 0 Å². The quantitative estimate of drug-likeness (QED) is 0.379. The maximum Gasteiger partial charge on any atom is 0.410 e. The van der Waals surface area contributed by atoms with Gasteiger partial charge >= 0.3 is 6.09 Å². The number of nitrogens with zero attached hydrogens (tertiary/aromatic N) is 2. The molecule has 2 unspecified atom stereocenters. The highest BCUT2D eigenvalue weighted by molar-refractivity contribution is 6.03. The molecule has 0 radical (unpaired) electrons. The average Bonchev–Trinajstić information content (AvgIpc) is 3.24. The van der Waals surface area contributed by atoms with Crippen molar-refractivity contribution in [3.05, 3.63) is 89.5 Å². The predicted octanol–water partition coefficient (Wildman–Crippen LogP) is 6.52. The van der Waals surface area contributed by atoms with E-state index < -0.39 is 0 Å². The van der Waals surface area contributed by atoms with E-state index in [1.165, 1.54) is 22.3 Å². The third kappa shape index (κ3) is 4.20. The number of rotatable bonds is 5. The van der Waals surface area contributed by atoms with E-state index in [9.17, 15) is 9.59 Å². The zero-order chi connectivity index (χ0) is 25.5. The molecule has 0 spiro atoms. The zero-order valence-electron chi connectivity index (χ0n) is 21.6. The molecule has 0 N–H and O–H groups in total. The van der Waals surface area contributed by atoms with Crippen molar-refractivity contribution < 1.29 is 14.3 Å². The number of fused-ring (bicyclic) bond motifs is 5. The van der Waals surface area contributed by atoms with Gasteiger partial charge in [-0.1, -0.05) is 60.7 Å². The van der Waals surface area contributed by atoms with E-state index in [0.717, 1.165) is 30.5 Å². The maximum atomic E-state index is 13.6. The summed E-state index contributed by atoms with van der Waals surface area (Å²) in [6, 6.07) is 24.8. The van der Waals surface area contributed by atoms with E-state index in [2.05, 4.69) is 48.5 Å². The number of hydrogen-bond donors (Lipinski definition) is 0.